The molecule has 422 valence electrons. The molecular formula is C67H118O6. The van der Waals surface area contributed by atoms with Crippen LogP contribution >= 0.6 is 0 Å². The van der Waals surface area contributed by atoms with Crippen LogP contribution in [0.4, 0.5) is 0 Å². The van der Waals surface area contributed by atoms with E-state index in [4.69, 9.17) is 14.2 Å². The van der Waals surface area contributed by atoms with Crippen LogP contribution in [-0.2, 0) is 28.6 Å². The Balaban J connectivity index is 4.17. The van der Waals surface area contributed by atoms with E-state index in [1.807, 2.05) is 0 Å². The van der Waals surface area contributed by atoms with Gasteiger partial charge in [0, 0.05) is 19.3 Å². The quantitative estimate of drug-likeness (QED) is 0.0261. The molecule has 6 heteroatoms. The zero-order chi connectivity index (χ0) is 52.9. The second-order valence-corrected chi connectivity index (χ2v) is 21.0. The van der Waals surface area contributed by atoms with Crippen molar-refractivity contribution in [3.63, 3.8) is 0 Å². The minimum absolute atomic E-state index is 0.0783. The molecule has 0 rings (SSSR count). The summed E-state index contributed by atoms with van der Waals surface area (Å²) in [5.74, 6) is -0.886. The number of rotatable bonds is 57. The maximum absolute atomic E-state index is 12.9. The van der Waals surface area contributed by atoms with Gasteiger partial charge < -0.3 is 14.2 Å². The van der Waals surface area contributed by atoms with E-state index in [2.05, 4.69) is 93.7 Å². The van der Waals surface area contributed by atoms with E-state index < -0.39 is 6.10 Å². The summed E-state index contributed by atoms with van der Waals surface area (Å²) in [6.07, 6.45) is 79.2. The largest absolute Gasteiger partial charge is 0.462 e. The lowest BCUT2D eigenvalue weighted by Crippen LogP contribution is -2.30. The van der Waals surface area contributed by atoms with Crippen LogP contribution in [0, 0.1) is 0 Å². The highest BCUT2D eigenvalue weighted by atomic mass is 16.6. The maximum Gasteiger partial charge on any atom is 0.306 e. The average molecular weight is 1020 g/mol. The van der Waals surface area contributed by atoms with Crippen LogP contribution in [0.1, 0.15) is 316 Å². The molecular weight excluding hydrogens is 901 g/mol. The van der Waals surface area contributed by atoms with Crippen LogP contribution in [0.5, 0.6) is 0 Å². The Labute approximate surface area is 453 Å². The van der Waals surface area contributed by atoms with Crippen LogP contribution < -0.4 is 0 Å². The molecule has 0 saturated heterocycles. The molecule has 0 aliphatic rings. The monoisotopic (exact) mass is 1020 g/mol. The molecule has 0 N–H and O–H groups in total. The van der Waals surface area contributed by atoms with Crippen LogP contribution in [0.2, 0.25) is 0 Å². The van der Waals surface area contributed by atoms with Gasteiger partial charge in [0.2, 0.25) is 0 Å². The molecule has 0 radical (unpaired) electrons. The second-order valence-electron chi connectivity index (χ2n) is 21.0. The van der Waals surface area contributed by atoms with Gasteiger partial charge >= 0.3 is 17.9 Å². The molecule has 0 aliphatic heterocycles. The third-order valence-corrected chi connectivity index (χ3v) is 13.7. The van der Waals surface area contributed by atoms with Crippen LogP contribution in [0.25, 0.3) is 0 Å². The molecule has 1 atom stereocenters. The van der Waals surface area contributed by atoms with Crippen molar-refractivity contribution in [3.8, 4) is 0 Å². The van der Waals surface area contributed by atoms with Gasteiger partial charge in [0.15, 0.2) is 6.10 Å². The van der Waals surface area contributed by atoms with Gasteiger partial charge in [-0.25, -0.2) is 0 Å². The van der Waals surface area contributed by atoms with Gasteiger partial charge in [-0.1, -0.05) is 273 Å². The SMILES string of the molecule is CCCCCCC/C=C\C/C=C\C/C=C\CCCCCCCCCCCCC(=O)OCC(COC(=O)CCCCCCCCC)OC(=O)CCCCCCCCCC/C=C\C/C=C\C/C=C\CCCCCCC. The van der Waals surface area contributed by atoms with E-state index in [1.54, 1.807) is 0 Å². The van der Waals surface area contributed by atoms with E-state index in [-0.39, 0.29) is 31.1 Å². The lowest BCUT2D eigenvalue weighted by molar-refractivity contribution is -0.167. The first-order valence-electron chi connectivity index (χ1n) is 31.4. The van der Waals surface area contributed by atoms with Gasteiger partial charge in [0.1, 0.15) is 13.2 Å². The minimum Gasteiger partial charge on any atom is -0.462 e. The number of allylic oxidation sites excluding steroid dienone is 12. The van der Waals surface area contributed by atoms with Gasteiger partial charge in [-0.15, -0.1) is 0 Å². The summed E-state index contributed by atoms with van der Waals surface area (Å²) in [6.45, 7) is 6.59. The molecule has 6 nitrogen and oxygen atoms in total. The third-order valence-electron chi connectivity index (χ3n) is 13.7. The number of carbonyl (C=O) groups is 3. The fourth-order valence-corrected chi connectivity index (χ4v) is 8.93. The van der Waals surface area contributed by atoms with Crippen molar-refractivity contribution in [2.75, 3.05) is 13.2 Å². The number of esters is 3. The molecule has 0 spiro atoms. The van der Waals surface area contributed by atoms with Crippen molar-refractivity contribution in [2.24, 2.45) is 0 Å². The van der Waals surface area contributed by atoms with Crippen LogP contribution in [0.3, 0.4) is 0 Å². The molecule has 0 aliphatic carbocycles. The molecule has 73 heavy (non-hydrogen) atoms. The smallest absolute Gasteiger partial charge is 0.306 e. The van der Waals surface area contributed by atoms with Gasteiger partial charge in [0.05, 0.1) is 0 Å². The van der Waals surface area contributed by atoms with E-state index in [1.165, 1.54) is 186 Å². The summed E-state index contributed by atoms with van der Waals surface area (Å²) in [6, 6.07) is 0. The fraction of sp³-hybridized carbons (Fsp3) is 0.776. The second kappa shape index (κ2) is 61.4. The first kappa shape index (κ1) is 69.8. The Morgan fingerprint density at radius 3 is 0.767 bits per heavy atom. The summed E-state index contributed by atoms with van der Waals surface area (Å²) in [4.78, 5) is 38.1. The van der Waals surface area contributed by atoms with Crippen molar-refractivity contribution in [1.82, 2.24) is 0 Å². The van der Waals surface area contributed by atoms with Crippen LogP contribution in [0.15, 0.2) is 72.9 Å². The Morgan fingerprint density at radius 2 is 0.493 bits per heavy atom. The van der Waals surface area contributed by atoms with Gasteiger partial charge in [-0.05, 0) is 96.3 Å². The highest BCUT2D eigenvalue weighted by molar-refractivity contribution is 5.71. The molecule has 0 bridgehead atoms. The van der Waals surface area contributed by atoms with Crippen LogP contribution in [-0.4, -0.2) is 37.2 Å². The number of hydrogen-bond acceptors (Lipinski definition) is 6. The fourth-order valence-electron chi connectivity index (χ4n) is 8.93. The van der Waals surface area contributed by atoms with Gasteiger partial charge in [-0.2, -0.15) is 0 Å². The van der Waals surface area contributed by atoms with E-state index in [9.17, 15) is 14.4 Å². The first-order valence-corrected chi connectivity index (χ1v) is 31.4. The van der Waals surface area contributed by atoms with E-state index in [0.717, 1.165) is 89.9 Å². The highest BCUT2D eigenvalue weighted by Crippen LogP contribution is 2.16. The highest BCUT2D eigenvalue weighted by Gasteiger charge is 2.19. The van der Waals surface area contributed by atoms with Gasteiger partial charge in [-0.3, -0.25) is 14.4 Å². The zero-order valence-corrected chi connectivity index (χ0v) is 48.4. The van der Waals surface area contributed by atoms with Crippen molar-refractivity contribution >= 4 is 17.9 Å². The maximum atomic E-state index is 12.9. The standard InChI is InChI=1S/C67H118O6/c1-4-7-10-13-16-18-20-22-24-26-28-30-32-33-35-36-38-40-42-44-46-48-51-54-57-60-66(69)72-63-64(62-71-65(68)59-56-53-50-15-12-9-6-3)73-67(70)61-58-55-52-49-47-45-43-41-39-37-34-31-29-27-25-23-21-19-17-14-11-8-5-2/h20-23,26-29,32-34,37,64H,4-19,24-25,30-31,35-36,38-63H2,1-3H3/b22-20-,23-21-,28-26-,29-27-,33-32-,37-34-. The van der Waals surface area contributed by atoms with Crippen molar-refractivity contribution in [3.05, 3.63) is 72.9 Å². The molecule has 0 fully saturated rings. The molecule has 0 heterocycles. The van der Waals surface area contributed by atoms with E-state index >= 15 is 0 Å². The Kier molecular flexibility index (Phi) is 58.7. The minimum atomic E-state index is -0.779. The number of hydrogen-bond donors (Lipinski definition) is 0. The predicted octanol–water partition coefficient (Wildman–Crippen LogP) is 21.3. The van der Waals surface area contributed by atoms with Gasteiger partial charge in [0.25, 0.3) is 0 Å². The summed E-state index contributed by atoms with van der Waals surface area (Å²) >= 11 is 0. The number of unbranched alkanes of at least 4 members (excludes halogenated alkanes) is 34. The lowest BCUT2D eigenvalue weighted by atomic mass is 10.1. The zero-order valence-electron chi connectivity index (χ0n) is 48.4. The van der Waals surface area contributed by atoms with Crippen molar-refractivity contribution in [1.29, 1.82) is 0 Å². The summed E-state index contributed by atoms with van der Waals surface area (Å²) in [7, 11) is 0. The number of ether oxygens (including phenoxy) is 3. The normalized spacial score (nSPS) is 12.5. The predicted molar refractivity (Wildman–Crippen MR) is 316 cm³/mol. The number of carbonyl (C=O) groups excluding carboxylic acids is 3. The third kappa shape index (κ3) is 59.6. The van der Waals surface area contributed by atoms with Crippen molar-refractivity contribution in [2.45, 2.75) is 322 Å². The average Bonchev–Trinajstić information content (AvgIpc) is 3.39. The van der Waals surface area contributed by atoms with Crippen molar-refractivity contribution < 1.29 is 28.6 Å². The molecule has 0 saturated carbocycles. The summed E-state index contributed by atoms with van der Waals surface area (Å²) < 4.78 is 16.8. The molecule has 0 aromatic heterocycles. The molecule has 0 aromatic carbocycles. The summed E-state index contributed by atoms with van der Waals surface area (Å²) in [5, 5.41) is 0. The topological polar surface area (TPSA) is 78.9 Å². The Bertz CT molecular complexity index is 1360. The Hall–Kier alpha value is -3.15. The first-order chi connectivity index (χ1) is 36.0. The molecule has 0 aromatic rings. The molecule has 0 amide bonds. The molecule has 1 unspecified atom stereocenters. The summed E-state index contributed by atoms with van der Waals surface area (Å²) in [5.41, 5.74) is 0. The lowest BCUT2D eigenvalue weighted by Gasteiger charge is -2.18. The Morgan fingerprint density at radius 1 is 0.274 bits per heavy atom. The van der Waals surface area contributed by atoms with E-state index in [0.29, 0.717) is 19.3 Å².